The summed E-state index contributed by atoms with van der Waals surface area (Å²) in [7, 11) is 0. The average Bonchev–Trinajstić information content (AvgIpc) is 2.23. The van der Waals surface area contributed by atoms with Crippen molar-refractivity contribution in [1.82, 2.24) is 0 Å². The molecule has 0 aromatic heterocycles. The monoisotopic (exact) mass is 242 g/mol. The number of nitrogens with two attached hydrogens (primary N) is 2. The van der Waals surface area contributed by atoms with Crippen molar-refractivity contribution in [1.29, 1.82) is 0 Å². The summed E-state index contributed by atoms with van der Waals surface area (Å²) in [5, 5.41) is 0.331. The molecule has 5 heteroatoms. The quantitative estimate of drug-likeness (QED) is 0.630. The van der Waals surface area contributed by atoms with E-state index in [1.807, 2.05) is 13.8 Å². The Bertz CT molecular complexity index is 405. The molecule has 16 heavy (non-hydrogen) atoms. The maximum Gasteiger partial charge on any atom is 0.340 e. The van der Waals surface area contributed by atoms with E-state index in [1.54, 1.807) is 0 Å². The molecule has 4 nitrogen and oxygen atoms in total. The summed E-state index contributed by atoms with van der Waals surface area (Å²) in [6.07, 6.45) is 0. The first-order chi connectivity index (χ1) is 7.43. The van der Waals surface area contributed by atoms with Crippen LogP contribution < -0.4 is 11.5 Å². The van der Waals surface area contributed by atoms with Crippen LogP contribution in [0.15, 0.2) is 12.1 Å². The van der Waals surface area contributed by atoms with Crippen molar-refractivity contribution in [2.45, 2.75) is 13.8 Å². The number of anilines is 2. The molecule has 88 valence electrons. The number of esters is 1. The molecule has 0 amide bonds. The number of hydrogen-bond acceptors (Lipinski definition) is 4. The average molecular weight is 243 g/mol. The molecule has 0 saturated carbocycles. The van der Waals surface area contributed by atoms with Crippen LogP contribution in [0, 0.1) is 5.92 Å². The van der Waals surface area contributed by atoms with Gasteiger partial charge in [0.05, 0.1) is 28.6 Å². The summed E-state index contributed by atoms with van der Waals surface area (Å²) in [4.78, 5) is 11.6. The van der Waals surface area contributed by atoms with Crippen molar-refractivity contribution in [3.63, 3.8) is 0 Å². The van der Waals surface area contributed by atoms with Crippen molar-refractivity contribution >= 4 is 28.9 Å². The molecular weight excluding hydrogens is 228 g/mol. The summed E-state index contributed by atoms with van der Waals surface area (Å²) >= 11 is 5.76. The summed E-state index contributed by atoms with van der Waals surface area (Å²) in [5.41, 5.74) is 11.9. The van der Waals surface area contributed by atoms with Gasteiger partial charge in [-0.3, -0.25) is 0 Å². The second-order valence-electron chi connectivity index (χ2n) is 3.91. The second kappa shape index (κ2) is 5.07. The summed E-state index contributed by atoms with van der Waals surface area (Å²) in [5.74, 6) is -0.204. The minimum Gasteiger partial charge on any atom is -0.462 e. The van der Waals surface area contributed by atoms with E-state index >= 15 is 0 Å². The topological polar surface area (TPSA) is 78.3 Å². The first kappa shape index (κ1) is 12.6. The Morgan fingerprint density at radius 3 is 2.56 bits per heavy atom. The number of carbonyl (C=O) groups excluding carboxylic acids is 1. The van der Waals surface area contributed by atoms with E-state index in [0.29, 0.717) is 11.6 Å². The molecule has 0 saturated heterocycles. The standard InChI is InChI=1S/C11H15ClN2O2/c1-6(2)5-16-11(15)7-3-4-8(12)10(14)9(7)13/h3-4,6H,5,13-14H2,1-2H3. The molecule has 0 radical (unpaired) electrons. The molecule has 0 spiro atoms. The van der Waals surface area contributed by atoms with E-state index in [2.05, 4.69) is 0 Å². The van der Waals surface area contributed by atoms with E-state index in [-0.39, 0.29) is 22.9 Å². The van der Waals surface area contributed by atoms with Gasteiger partial charge in [-0.1, -0.05) is 25.4 Å². The van der Waals surface area contributed by atoms with Crippen LogP contribution in [0.2, 0.25) is 5.02 Å². The smallest absolute Gasteiger partial charge is 0.340 e. The predicted octanol–water partition coefficient (Wildman–Crippen LogP) is 2.32. The molecule has 1 aromatic carbocycles. The molecule has 0 fully saturated rings. The lowest BCUT2D eigenvalue weighted by Crippen LogP contribution is -2.13. The summed E-state index contributed by atoms with van der Waals surface area (Å²) in [6.45, 7) is 4.25. The minimum absolute atomic E-state index is 0.168. The molecule has 0 aliphatic heterocycles. The Kier molecular flexibility index (Phi) is 4.01. The molecule has 1 rings (SSSR count). The van der Waals surface area contributed by atoms with Crippen molar-refractivity contribution in [2.24, 2.45) is 5.92 Å². The Morgan fingerprint density at radius 2 is 2.00 bits per heavy atom. The Labute approximate surface area is 99.5 Å². The fraction of sp³-hybridized carbons (Fsp3) is 0.364. The van der Waals surface area contributed by atoms with Crippen LogP contribution in [0.5, 0.6) is 0 Å². The van der Waals surface area contributed by atoms with Crippen molar-refractivity contribution in [2.75, 3.05) is 18.1 Å². The zero-order valence-electron chi connectivity index (χ0n) is 9.29. The van der Waals surface area contributed by atoms with Gasteiger partial charge >= 0.3 is 5.97 Å². The van der Waals surface area contributed by atoms with Crippen LogP contribution in [0.3, 0.4) is 0 Å². The third-order valence-corrected chi connectivity index (χ3v) is 2.33. The van der Waals surface area contributed by atoms with E-state index in [9.17, 15) is 4.79 Å². The van der Waals surface area contributed by atoms with Gasteiger partial charge in [0.2, 0.25) is 0 Å². The molecular formula is C11H15ClN2O2. The number of halogens is 1. The summed E-state index contributed by atoms with van der Waals surface area (Å²) in [6, 6.07) is 3.04. The van der Waals surface area contributed by atoms with Crippen LogP contribution in [-0.4, -0.2) is 12.6 Å². The lowest BCUT2D eigenvalue weighted by molar-refractivity contribution is 0.0460. The first-order valence-electron chi connectivity index (χ1n) is 4.94. The van der Waals surface area contributed by atoms with Crippen molar-refractivity contribution < 1.29 is 9.53 Å². The SMILES string of the molecule is CC(C)COC(=O)c1ccc(Cl)c(N)c1N. The number of nitrogen functional groups attached to an aromatic ring is 2. The van der Waals surface area contributed by atoms with E-state index in [0.717, 1.165) is 0 Å². The fourth-order valence-corrected chi connectivity index (χ4v) is 1.27. The molecule has 0 atom stereocenters. The number of ether oxygens (including phenoxy) is 1. The van der Waals surface area contributed by atoms with Gasteiger partial charge in [0.25, 0.3) is 0 Å². The van der Waals surface area contributed by atoms with Gasteiger partial charge in [0.15, 0.2) is 0 Å². The van der Waals surface area contributed by atoms with Crippen LogP contribution in [0.25, 0.3) is 0 Å². The molecule has 1 aromatic rings. The van der Waals surface area contributed by atoms with Gasteiger partial charge in [-0.15, -0.1) is 0 Å². The maximum absolute atomic E-state index is 11.6. The van der Waals surface area contributed by atoms with Gasteiger partial charge in [0.1, 0.15) is 0 Å². The maximum atomic E-state index is 11.6. The third kappa shape index (κ3) is 2.79. The zero-order chi connectivity index (χ0) is 12.3. The lowest BCUT2D eigenvalue weighted by atomic mass is 10.1. The van der Waals surface area contributed by atoms with Crippen molar-refractivity contribution in [3.8, 4) is 0 Å². The molecule has 0 aliphatic rings. The van der Waals surface area contributed by atoms with Crippen LogP contribution in [0.1, 0.15) is 24.2 Å². The number of benzene rings is 1. The highest BCUT2D eigenvalue weighted by atomic mass is 35.5. The summed E-state index contributed by atoms with van der Waals surface area (Å²) < 4.78 is 5.05. The molecule has 4 N–H and O–H groups in total. The highest BCUT2D eigenvalue weighted by Crippen LogP contribution is 2.28. The van der Waals surface area contributed by atoms with Gasteiger partial charge in [-0.05, 0) is 18.1 Å². The van der Waals surface area contributed by atoms with Gasteiger partial charge in [-0.2, -0.15) is 0 Å². The molecule has 0 heterocycles. The highest BCUT2D eigenvalue weighted by Gasteiger charge is 2.15. The first-order valence-corrected chi connectivity index (χ1v) is 5.31. The third-order valence-electron chi connectivity index (χ3n) is 2.00. The number of rotatable bonds is 3. The Morgan fingerprint density at radius 1 is 1.38 bits per heavy atom. The number of hydrogen-bond donors (Lipinski definition) is 2. The molecule has 0 aliphatic carbocycles. The fourth-order valence-electron chi connectivity index (χ4n) is 1.11. The van der Waals surface area contributed by atoms with Crippen LogP contribution in [-0.2, 0) is 4.74 Å². The Hall–Kier alpha value is -1.42. The molecule has 0 bridgehead atoms. The van der Waals surface area contributed by atoms with Crippen molar-refractivity contribution in [3.05, 3.63) is 22.7 Å². The molecule has 0 unspecified atom stereocenters. The van der Waals surface area contributed by atoms with Gasteiger partial charge in [0, 0.05) is 0 Å². The van der Waals surface area contributed by atoms with E-state index in [1.165, 1.54) is 12.1 Å². The minimum atomic E-state index is -0.477. The van der Waals surface area contributed by atoms with E-state index < -0.39 is 5.97 Å². The lowest BCUT2D eigenvalue weighted by Gasteiger charge is -2.10. The predicted molar refractivity (Wildman–Crippen MR) is 65.4 cm³/mol. The van der Waals surface area contributed by atoms with Gasteiger partial charge < -0.3 is 16.2 Å². The number of carbonyl (C=O) groups is 1. The highest BCUT2D eigenvalue weighted by molar-refractivity contribution is 6.34. The van der Waals surface area contributed by atoms with Gasteiger partial charge in [-0.25, -0.2) is 4.79 Å². The van der Waals surface area contributed by atoms with Crippen LogP contribution >= 0.6 is 11.6 Å². The van der Waals surface area contributed by atoms with Crippen LogP contribution in [0.4, 0.5) is 11.4 Å². The zero-order valence-corrected chi connectivity index (χ0v) is 10.0. The second-order valence-corrected chi connectivity index (χ2v) is 4.32. The Balaban J connectivity index is 2.88. The largest absolute Gasteiger partial charge is 0.462 e. The normalized spacial score (nSPS) is 10.5. The van der Waals surface area contributed by atoms with E-state index in [4.69, 9.17) is 27.8 Å².